The Morgan fingerprint density at radius 2 is 1.36 bits per heavy atom. The monoisotopic (exact) mass is 611 g/mol. The van der Waals surface area contributed by atoms with Gasteiger partial charge in [-0.3, -0.25) is 13.9 Å². The first kappa shape index (κ1) is 32.5. The number of sulfonamides is 1. The van der Waals surface area contributed by atoms with Gasteiger partial charge in [0.05, 0.1) is 10.6 Å². The van der Waals surface area contributed by atoms with Crippen molar-refractivity contribution in [3.05, 3.63) is 131 Å². The number of aryl methyl sites for hydroxylation is 3. The van der Waals surface area contributed by atoms with E-state index in [0.29, 0.717) is 12.2 Å². The molecule has 8 heteroatoms. The lowest BCUT2D eigenvalue weighted by Crippen LogP contribution is -2.53. The number of anilines is 1. The number of carbonyl (C=O) groups excluding carboxylic acids is 2. The second-order valence-corrected chi connectivity index (χ2v) is 13.0. The molecule has 4 rings (SSSR count). The van der Waals surface area contributed by atoms with E-state index >= 15 is 0 Å². The quantitative estimate of drug-likeness (QED) is 0.202. The predicted octanol–water partition coefficient (Wildman–Crippen LogP) is 5.97. The molecule has 4 aromatic carbocycles. The lowest BCUT2D eigenvalue weighted by Gasteiger charge is -2.34. The van der Waals surface area contributed by atoms with Gasteiger partial charge in [-0.25, -0.2) is 8.42 Å². The van der Waals surface area contributed by atoms with Gasteiger partial charge < -0.3 is 10.2 Å². The van der Waals surface area contributed by atoms with Crippen molar-refractivity contribution in [2.45, 2.75) is 58.0 Å². The summed E-state index contributed by atoms with van der Waals surface area (Å²) in [5.41, 5.74) is 4.66. The fourth-order valence-corrected chi connectivity index (χ4v) is 6.51. The van der Waals surface area contributed by atoms with Crippen LogP contribution in [0, 0.1) is 20.8 Å². The van der Waals surface area contributed by atoms with E-state index in [1.54, 1.807) is 30.3 Å². The SMILES string of the molecule is CCCNC(=O)[C@@H](Cc1ccccc1)N(Cc1ccccc1)C(=O)CN(c1cc(C)ccc1C)S(=O)(=O)c1ccc(C)cc1. The minimum absolute atomic E-state index is 0.0907. The third-order valence-electron chi connectivity index (χ3n) is 7.54. The number of rotatable bonds is 13. The summed E-state index contributed by atoms with van der Waals surface area (Å²) in [6.45, 7) is 7.71. The summed E-state index contributed by atoms with van der Waals surface area (Å²) >= 11 is 0. The van der Waals surface area contributed by atoms with Crippen LogP contribution in [-0.2, 0) is 32.6 Å². The number of carbonyl (C=O) groups is 2. The van der Waals surface area contributed by atoms with Gasteiger partial charge in [0.15, 0.2) is 0 Å². The maximum atomic E-state index is 14.5. The van der Waals surface area contributed by atoms with Crippen LogP contribution in [0.1, 0.15) is 41.2 Å². The molecule has 4 aromatic rings. The molecule has 44 heavy (non-hydrogen) atoms. The Kier molecular flexibility index (Phi) is 11.0. The van der Waals surface area contributed by atoms with E-state index in [9.17, 15) is 18.0 Å². The highest BCUT2D eigenvalue weighted by atomic mass is 32.2. The van der Waals surface area contributed by atoms with Crippen LogP contribution < -0.4 is 9.62 Å². The molecule has 0 radical (unpaired) electrons. The van der Waals surface area contributed by atoms with Crippen LogP contribution in [0.2, 0.25) is 0 Å². The van der Waals surface area contributed by atoms with Crippen molar-refractivity contribution in [3.63, 3.8) is 0 Å². The van der Waals surface area contributed by atoms with Crippen molar-refractivity contribution < 1.29 is 18.0 Å². The number of hydrogen-bond acceptors (Lipinski definition) is 4. The van der Waals surface area contributed by atoms with E-state index in [2.05, 4.69) is 5.32 Å². The largest absolute Gasteiger partial charge is 0.354 e. The summed E-state index contributed by atoms with van der Waals surface area (Å²) in [5, 5.41) is 2.97. The number of nitrogens with one attached hydrogen (secondary N) is 1. The van der Waals surface area contributed by atoms with E-state index in [0.717, 1.165) is 34.2 Å². The molecule has 0 saturated heterocycles. The van der Waals surface area contributed by atoms with Crippen LogP contribution in [0.3, 0.4) is 0 Å². The molecule has 0 aromatic heterocycles. The summed E-state index contributed by atoms with van der Waals surface area (Å²) in [4.78, 5) is 29.8. The molecule has 7 nitrogen and oxygen atoms in total. The van der Waals surface area contributed by atoms with Gasteiger partial charge in [0.25, 0.3) is 10.0 Å². The van der Waals surface area contributed by atoms with Crippen LogP contribution in [0.25, 0.3) is 0 Å². The zero-order valence-electron chi connectivity index (χ0n) is 25.9. The maximum absolute atomic E-state index is 14.5. The highest BCUT2D eigenvalue weighted by molar-refractivity contribution is 7.92. The number of amides is 2. The summed E-state index contributed by atoms with van der Waals surface area (Å²) in [7, 11) is -4.15. The van der Waals surface area contributed by atoms with Gasteiger partial charge >= 0.3 is 0 Å². The molecule has 0 heterocycles. The molecule has 1 atom stereocenters. The zero-order chi connectivity index (χ0) is 31.7. The van der Waals surface area contributed by atoms with Gasteiger partial charge in [0.1, 0.15) is 12.6 Å². The fourth-order valence-electron chi connectivity index (χ4n) is 5.04. The van der Waals surface area contributed by atoms with Gasteiger partial charge in [-0.05, 0) is 67.6 Å². The Bertz CT molecular complexity index is 1660. The zero-order valence-corrected chi connectivity index (χ0v) is 26.7. The van der Waals surface area contributed by atoms with Crippen LogP contribution >= 0.6 is 0 Å². The van der Waals surface area contributed by atoms with Crippen molar-refractivity contribution >= 4 is 27.5 Å². The molecule has 0 aliphatic carbocycles. The topological polar surface area (TPSA) is 86.8 Å². The predicted molar refractivity (Wildman–Crippen MR) is 176 cm³/mol. The van der Waals surface area contributed by atoms with E-state index in [1.165, 1.54) is 9.21 Å². The normalized spacial score (nSPS) is 11.9. The Hall–Kier alpha value is -4.43. The van der Waals surface area contributed by atoms with E-state index in [-0.39, 0.29) is 23.8 Å². The van der Waals surface area contributed by atoms with Crippen molar-refractivity contribution in [1.82, 2.24) is 10.2 Å². The van der Waals surface area contributed by atoms with Crippen molar-refractivity contribution in [2.75, 3.05) is 17.4 Å². The lowest BCUT2D eigenvalue weighted by molar-refractivity contribution is -0.140. The van der Waals surface area contributed by atoms with Crippen molar-refractivity contribution in [1.29, 1.82) is 0 Å². The highest BCUT2D eigenvalue weighted by Crippen LogP contribution is 2.29. The first-order chi connectivity index (χ1) is 21.1. The molecular formula is C36H41N3O4S. The number of nitrogens with zero attached hydrogens (tertiary/aromatic N) is 2. The molecule has 2 amide bonds. The summed E-state index contributed by atoms with van der Waals surface area (Å²) < 4.78 is 29.7. The van der Waals surface area contributed by atoms with E-state index in [4.69, 9.17) is 0 Å². The average molecular weight is 612 g/mol. The Balaban J connectivity index is 1.81. The fraction of sp³-hybridized carbons (Fsp3) is 0.278. The first-order valence-corrected chi connectivity index (χ1v) is 16.4. The summed E-state index contributed by atoms with van der Waals surface area (Å²) in [5.74, 6) is -0.752. The minimum Gasteiger partial charge on any atom is -0.354 e. The van der Waals surface area contributed by atoms with Crippen LogP contribution in [0.5, 0.6) is 0 Å². The molecular weight excluding hydrogens is 570 g/mol. The van der Waals surface area contributed by atoms with Crippen LogP contribution in [0.15, 0.2) is 108 Å². The average Bonchev–Trinajstić information content (AvgIpc) is 3.02. The molecule has 0 aliphatic heterocycles. The Morgan fingerprint density at radius 1 is 0.773 bits per heavy atom. The standard InChI is InChI=1S/C36H41N3O4S/c1-5-22-37-36(41)34(24-30-12-8-6-9-13-30)38(25-31-14-10-7-11-15-31)35(40)26-39(33-23-28(3)16-19-29(33)4)44(42,43)32-20-17-27(2)18-21-32/h6-21,23,34H,5,22,24-26H2,1-4H3,(H,37,41)/t34-/m1/s1. The molecule has 0 spiro atoms. The smallest absolute Gasteiger partial charge is 0.264 e. The summed E-state index contributed by atoms with van der Waals surface area (Å²) in [6.07, 6.45) is 1.02. The third-order valence-corrected chi connectivity index (χ3v) is 9.31. The Labute approximate surface area is 261 Å². The van der Waals surface area contributed by atoms with Gasteiger partial charge in [0, 0.05) is 19.5 Å². The highest BCUT2D eigenvalue weighted by Gasteiger charge is 2.35. The first-order valence-electron chi connectivity index (χ1n) is 14.9. The van der Waals surface area contributed by atoms with Crippen LogP contribution in [-0.4, -0.2) is 44.3 Å². The van der Waals surface area contributed by atoms with Crippen molar-refractivity contribution in [2.24, 2.45) is 0 Å². The molecule has 230 valence electrons. The maximum Gasteiger partial charge on any atom is 0.264 e. The van der Waals surface area contributed by atoms with Gasteiger partial charge in [-0.2, -0.15) is 0 Å². The third kappa shape index (κ3) is 8.14. The van der Waals surface area contributed by atoms with Gasteiger partial charge in [-0.15, -0.1) is 0 Å². The number of benzene rings is 4. The molecule has 0 fully saturated rings. The van der Waals surface area contributed by atoms with Crippen LogP contribution in [0.4, 0.5) is 5.69 Å². The lowest BCUT2D eigenvalue weighted by atomic mass is 10.0. The molecule has 0 bridgehead atoms. The number of hydrogen-bond donors (Lipinski definition) is 1. The summed E-state index contributed by atoms with van der Waals surface area (Å²) in [6, 6.07) is 30.3. The minimum atomic E-state index is -4.15. The van der Waals surface area contributed by atoms with Gasteiger partial charge in [0.2, 0.25) is 11.8 Å². The van der Waals surface area contributed by atoms with Gasteiger partial charge in [-0.1, -0.05) is 97.4 Å². The molecule has 1 N–H and O–H groups in total. The second kappa shape index (κ2) is 14.8. The van der Waals surface area contributed by atoms with Crippen molar-refractivity contribution in [3.8, 4) is 0 Å². The second-order valence-electron chi connectivity index (χ2n) is 11.1. The molecule has 0 aliphatic rings. The van der Waals surface area contributed by atoms with E-state index < -0.39 is 28.5 Å². The Morgan fingerprint density at radius 3 is 1.98 bits per heavy atom. The molecule has 0 saturated carbocycles. The van der Waals surface area contributed by atoms with E-state index in [1.807, 2.05) is 100 Å². The molecule has 0 unspecified atom stereocenters.